The van der Waals surface area contributed by atoms with Crippen LogP contribution in [0.1, 0.15) is 23.2 Å². The van der Waals surface area contributed by atoms with E-state index in [1.54, 1.807) is 12.1 Å². The predicted octanol–water partition coefficient (Wildman–Crippen LogP) is 0.584. The van der Waals surface area contributed by atoms with E-state index in [-0.39, 0.29) is 29.7 Å². The number of amides is 2. The Morgan fingerprint density at radius 2 is 2.00 bits per heavy atom. The molecule has 0 spiro atoms. The van der Waals surface area contributed by atoms with E-state index in [0.29, 0.717) is 25.1 Å². The van der Waals surface area contributed by atoms with E-state index in [0.717, 1.165) is 0 Å². The van der Waals surface area contributed by atoms with Crippen molar-refractivity contribution < 1.29 is 28.6 Å². The van der Waals surface area contributed by atoms with Crippen molar-refractivity contribution in [3.63, 3.8) is 0 Å². The number of nitrogens with zero attached hydrogens (tertiary/aromatic N) is 1. The van der Waals surface area contributed by atoms with Gasteiger partial charge in [-0.3, -0.25) is 9.59 Å². The zero-order chi connectivity index (χ0) is 18.4. The number of nitrogens with two attached hydrogens (primary N) is 1. The Morgan fingerprint density at radius 3 is 2.64 bits per heavy atom. The summed E-state index contributed by atoms with van der Waals surface area (Å²) in [4.78, 5) is 37.2. The molecule has 2 amide bonds. The number of rotatable bonds is 6. The summed E-state index contributed by atoms with van der Waals surface area (Å²) in [6, 6.07) is 4.80. The van der Waals surface area contributed by atoms with E-state index in [1.807, 2.05) is 0 Å². The van der Waals surface area contributed by atoms with E-state index in [4.69, 9.17) is 19.9 Å². The number of carbonyl (C=O) groups is 3. The third-order valence-electron chi connectivity index (χ3n) is 4.13. The molecule has 25 heavy (non-hydrogen) atoms. The van der Waals surface area contributed by atoms with Crippen LogP contribution in [0.4, 0.5) is 0 Å². The van der Waals surface area contributed by atoms with Crippen LogP contribution >= 0.6 is 0 Å². The molecular weight excluding hydrogens is 328 g/mol. The number of benzene rings is 1. The Kier molecular flexibility index (Phi) is 6.21. The normalized spacial score (nSPS) is 16.9. The van der Waals surface area contributed by atoms with Gasteiger partial charge in [0, 0.05) is 13.1 Å². The molecule has 1 fully saturated rings. The fourth-order valence-corrected chi connectivity index (χ4v) is 2.78. The van der Waals surface area contributed by atoms with Crippen LogP contribution < -0.4 is 15.2 Å². The van der Waals surface area contributed by atoms with Crippen molar-refractivity contribution in [2.24, 2.45) is 11.7 Å². The second kappa shape index (κ2) is 8.36. The van der Waals surface area contributed by atoms with Gasteiger partial charge in [-0.1, -0.05) is 6.07 Å². The van der Waals surface area contributed by atoms with Crippen LogP contribution in [0.25, 0.3) is 0 Å². The standard InChI is InChI=1S/C17H22N2O6/c1-23-13-7-3-6-12(15(13)24-2)17(22)25-10-14(20)19-8-4-5-11(9-19)16(18)21/h3,6-7,11H,4-5,8-10H2,1-2H3,(H2,18,21)/t11-/m1/s1. The first kappa shape index (κ1) is 18.6. The third-order valence-corrected chi connectivity index (χ3v) is 4.13. The molecule has 1 atom stereocenters. The van der Waals surface area contributed by atoms with Crippen molar-refractivity contribution in [1.29, 1.82) is 0 Å². The third kappa shape index (κ3) is 4.40. The summed E-state index contributed by atoms with van der Waals surface area (Å²) >= 11 is 0. The minimum absolute atomic E-state index is 0.170. The number of ether oxygens (including phenoxy) is 3. The lowest BCUT2D eigenvalue weighted by Crippen LogP contribution is -2.45. The first-order valence-corrected chi connectivity index (χ1v) is 7.93. The van der Waals surface area contributed by atoms with Crippen LogP contribution in [0.3, 0.4) is 0 Å². The van der Waals surface area contributed by atoms with Gasteiger partial charge in [0.25, 0.3) is 5.91 Å². The second-order valence-electron chi connectivity index (χ2n) is 5.70. The highest BCUT2D eigenvalue weighted by molar-refractivity contribution is 5.95. The Bertz CT molecular complexity index is 661. The van der Waals surface area contributed by atoms with Crippen LogP contribution in [-0.2, 0) is 14.3 Å². The molecule has 1 aliphatic rings. The van der Waals surface area contributed by atoms with E-state index in [2.05, 4.69) is 0 Å². The SMILES string of the molecule is COc1cccc(C(=O)OCC(=O)N2CCC[C@@H](C(N)=O)C2)c1OC. The van der Waals surface area contributed by atoms with Crippen LogP contribution in [-0.4, -0.2) is 56.6 Å². The predicted molar refractivity (Wildman–Crippen MR) is 88.3 cm³/mol. The maximum absolute atomic E-state index is 12.2. The number of primary amides is 1. The molecule has 0 radical (unpaired) electrons. The molecule has 1 aromatic carbocycles. The Hall–Kier alpha value is -2.77. The first-order chi connectivity index (χ1) is 12.0. The smallest absolute Gasteiger partial charge is 0.342 e. The van der Waals surface area contributed by atoms with Gasteiger partial charge < -0.3 is 24.8 Å². The van der Waals surface area contributed by atoms with Gasteiger partial charge in [-0.05, 0) is 25.0 Å². The first-order valence-electron chi connectivity index (χ1n) is 7.93. The van der Waals surface area contributed by atoms with Gasteiger partial charge in [-0.15, -0.1) is 0 Å². The molecule has 1 aromatic rings. The molecule has 1 saturated heterocycles. The highest BCUT2D eigenvalue weighted by Crippen LogP contribution is 2.31. The summed E-state index contributed by atoms with van der Waals surface area (Å²) in [6.07, 6.45) is 1.36. The minimum Gasteiger partial charge on any atom is -0.493 e. The number of likely N-dealkylation sites (tertiary alicyclic amines) is 1. The molecule has 1 aliphatic heterocycles. The summed E-state index contributed by atoms with van der Waals surface area (Å²) in [6.45, 7) is 0.363. The minimum atomic E-state index is -0.687. The summed E-state index contributed by atoms with van der Waals surface area (Å²) < 4.78 is 15.4. The average Bonchev–Trinajstić information content (AvgIpc) is 2.64. The Morgan fingerprint density at radius 1 is 1.24 bits per heavy atom. The molecule has 0 bridgehead atoms. The zero-order valence-electron chi connectivity index (χ0n) is 14.3. The Labute approximate surface area is 145 Å². The number of hydrogen-bond donors (Lipinski definition) is 1. The number of carbonyl (C=O) groups excluding carboxylic acids is 3. The molecule has 8 nitrogen and oxygen atoms in total. The maximum atomic E-state index is 12.2. The maximum Gasteiger partial charge on any atom is 0.342 e. The van der Waals surface area contributed by atoms with E-state index >= 15 is 0 Å². The van der Waals surface area contributed by atoms with Crippen LogP contribution in [0, 0.1) is 5.92 Å². The van der Waals surface area contributed by atoms with Crippen molar-refractivity contribution in [3.8, 4) is 11.5 Å². The number of hydrogen-bond acceptors (Lipinski definition) is 6. The zero-order valence-corrected chi connectivity index (χ0v) is 14.3. The summed E-state index contributed by atoms with van der Waals surface area (Å²) in [5.74, 6) is -1.19. The lowest BCUT2D eigenvalue weighted by atomic mass is 9.97. The fourth-order valence-electron chi connectivity index (χ4n) is 2.78. The second-order valence-corrected chi connectivity index (χ2v) is 5.70. The van der Waals surface area contributed by atoms with Crippen LogP contribution in [0.15, 0.2) is 18.2 Å². The van der Waals surface area contributed by atoms with Crippen molar-refractivity contribution in [2.75, 3.05) is 33.9 Å². The molecule has 0 unspecified atom stereocenters. The molecule has 2 N–H and O–H groups in total. The van der Waals surface area contributed by atoms with E-state index in [1.165, 1.54) is 25.2 Å². The Balaban J connectivity index is 1.98. The topological polar surface area (TPSA) is 108 Å². The number of esters is 1. The molecule has 0 saturated carbocycles. The van der Waals surface area contributed by atoms with Gasteiger partial charge in [-0.2, -0.15) is 0 Å². The largest absolute Gasteiger partial charge is 0.493 e. The lowest BCUT2D eigenvalue weighted by Gasteiger charge is -2.31. The monoisotopic (exact) mass is 350 g/mol. The fraction of sp³-hybridized carbons (Fsp3) is 0.471. The highest BCUT2D eigenvalue weighted by atomic mass is 16.5. The molecule has 1 heterocycles. The molecule has 8 heteroatoms. The van der Waals surface area contributed by atoms with Crippen LogP contribution in [0.5, 0.6) is 11.5 Å². The van der Waals surface area contributed by atoms with Gasteiger partial charge in [0.1, 0.15) is 5.56 Å². The van der Waals surface area contributed by atoms with Gasteiger partial charge in [-0.25, -0.2) is 4.79 Å². The van der Waals surface area contributed by atoms with Gasteiger partial charge >= 0.3 is 5.97 Å². The quantitative estimate of drug-likeness (QED) is 0.752. The number of methoxy groups -OCH3 is 2. The van der Waals surface area contributed by atoms with Gasteiger partial charge in [0.15, 0.2) is 18.1 Å². The molecule has 136 valence electrons. The van der Waals surface area contributed by atoms with Gasteiger partial charge in [0.2, 0.25) is 5.91 Å². The van der Waals surface area contributed by atoms with Crippen molar-refractivity contribution in [2.45, 2.75) is 12.8 Å². The molecular formula is C17H22N2O6. The summed E-state index contributed by atoms with van der Waals surface area (Å²) in [7, 11) is 2.87. The molecule has 2 rings (SSSR count). The van der Waals surface area contributed by atoms with Crippen molar-refractivity contribution in [3.05, 3.63) is 23.8 Å². The summed E-state index contributed by atoms with van der Waals surface area (Å²) in [5.41, 5.74) is 5.47. The van der Waals surface area contributed by atoms with E-state index in [9.17, 15) is 14.4 Å². The molecule has 0 aliphatic carbocycles. The lowest BCUT2D eigenvalue weighted by molar-refractivity contribution is -0.137. The average molecular weight is 350 g/mol. The number of para-hydroxylation sites is 1. The van der Waals surface area contributed by atoms with Crippen LogP contribution in [0.2, 0.25) is 0 Å². The molecule has 0 aromatic heterocycles. The number of piperidine rings is 1. The van der Waals surface area contributed by atoms with Crippen molar-refractivity contribution >= 4 is 17.8 Å². The van der Waals surface area contributed by atoms with E-state index < -0.39 is 18.5 Å². The van der Waals surface area contributed by atoms with Gasteiger partial charge in [0.05, 0.1) is 20.1 Å². The summed E-state index contributed by atoms with van der Waals surface area (Å²) in [5, 5.41) is 0. The van der Waals surface area contributed by atoms with Crippen molar-refractivity contribution in [1.82, 2.24) is 4.90 Å². The highest BCUT2D eigenvalue weighted by Gasteiger charge is 2.28.